The van der Waals surface area contributed by atoms with Crippen LogP contribution >= 0.6 is 23.2 Å². The molecule has 0 fully saturated rings. The number of halogens is 4. The molecule has 0 aromatic heterocycles. The zero-order valence-electron chi connectivity index (χ0n) is 12.2. The van der Waals surface area contributed by atoms with Gasteiger partial charge < -0.3 is 15.2 Å². The molecule has 1 unspecified atom stereocenters. The highest BCUT2D eigenvalue weighted by molar-refractivity contribution is 6.35. The summed E-state index contributed by atoms with van der Waals surface area (Å²) in [7, 11) is 1.49. The van der Waals surface area contributed by atoms with Gasteiger partial charge in [0.15, 0.2) is 0 Å². The number of ether oxygens (including phenoxy) is 1. The lowest BCUT2D eigenvalue weighted by Gasteiger charge is -2.15. The summed E-state index contributed by atoms with van der Waals surface area (Å²) < 4.78 is 31.7. The Balaban J connectivity index is 2.02. The second kappa shape index (κ2) is 7.93. The van der Waals surface area contributed by atoms with Crippen molar-refractivity contribution >= 4 is 23.2 Å². The quantitative estimate of drug-likeness (QED) is 0.813. The maximum Gasteiger partial charge on any atom is 0.142 e. The van der Waals surface area contributed by atoms with E-state index >= 15 is 0 Å². The lowest BCUT2D eigenvalue weighted by molar-refractivity contribution is 0.169. The zero-order chi connectivity index (χ0) is 17.0. The van der Waals surface area contributed by atoms with Gasteiger partial charge in [-0.15, -0.1) is 0 Å². The molecule has 2 rings (SSSR count). The second-order valence-electron chi connectivity index (χ2n) is 4.89. The van der Waals surface area contributed by atoms with Gasteiger partial charge in [-0.3, -0.25) is 0 Å². The Bertz CT molecular complexity index is 698. The Labute approximate surface area is 142 Å². The van der Waals surface area contributed by atoms with Gasteiger partial charge in [0.05, 0.1) is 18.2 Å². The van der Waals surface area contributed by atoms with Gasteiger partial charge in [0, 0.05) is 35.3 Å². The predicted molar refractivity (Wildman–Crippen MR) is 86.0 cm³/mol. The molecule has 0 heterocycles. The van der Waals surface area contributed by atoms with Crippen LogP contribution in [0.4, 0.5) is 8.78 Å². The fourth-order valence-corrected chi connectivity index (χ4v) is 2.81. The zero-order valence-corrected chi connectivity index (χ0v) is 13.8. The molecule has 0 radical (unpaired) electrons. The number of aliphatic hydroxyl groups is 1. The SMILES string of the molecule is COc1c(Cl)cc(Cl)cc1CNCC(O)c1ccc(F)cc1F. The van der Waals surface area contributed by atoms with Crippen molar-refractivity contribution in [1.82, 2.24) is 5.32 Å². The Kier molecular flexibility index (Phi) is 6.18. The molecule has 1 atom stereocenters. The number of methoxy groups -OCH3 is 1. The summed E-state index contributed by atoms with van der Waals surface area (Å²) in [6, 6.07) is 6.30. The number of rotatable bonds is 6. The third-order valence-corrected chi connectivity index (χ3v) is 3.76. The van der Waals surface area contributed by atoms with Gasteiger partial charge in [-0.2, -0.15) is 0 Å². The summed E-state index contributed by atoms with van der Waals surface area (Å²) in [4.78, 5) is 0. The number of hydrogen-bond acceptors (Lipinski definition) is 3. The van der Waals surface area contributed by atoms with Crippen LogP contribution in [0.3, 0.4) is 0 Å². The number of hydrogen-bond donors (Lipinski definition) is 2. The van der Waals surface area contributed by atoms with Crippen LogP contribution < -0.4 is 10.1 Å². The second-order valence-corrected chi connectivity index (χ2v) is 5.74. The Morgan fingerprint density at radius 3 is 2.61 bits per heavy atom. The number of aliphatic hydroxyl groups excluding tert-OH is 1. The van der Waals surface area contributed by atoms with E-state index in [-0.39, 0.29) is 12.1 Å². The fourth-order valence-electron chi connectivity index (χ4n) is 2.20. The number of benzene rings is 2. The van der Waals surface area contributed by atoms with Gasteiger partial charge >= 0.3 is 0 Å². The van der Waals surface area contributed by atoms with Crippen LogP contribution in [0.1, 0.15) is 17.2 Å². The molecular weight excluding hydrogens is 347 g/mol. The molecule has 2 aromatic carbocycles. The highest BCUT2D eigenvalue weighted by Gasteiger charge is 2.14. The Morgan fingerprint density at radius 2 is 1.96 bits per heavy atom. The van der Waals surface area contributed by atoms with Crippen LogP contribution in [-0.4, -0.2) is 18.8 Å². The average Bonchev–Trinajstić information content (AvgIpc) is 2.46. The van der Waals surface area contributed by atoms with E-state index in [1.54, 1.807) is 12.1 Å². The molecule has 0 saturated carbocycles. The van der Waals surface area contributed by atoms with E-state index in [9.17, 15) is 13.9 Å². The lowest BCUT2D eigenvalue weighted by Crippen LogP contribution is -2.22. The fraction of sp³-hybridized carbons (Fsp3) is 0.250. The van der Waals surface area contributed by atoms with Gasteiger partial charge in [0.1, 0.15) is 17.4 Å². The van der Waals surface area contributed by atoms with Gasteiger partial charge in [-0.05, 0) is 18.2 Å². The molecule has 0 aliphatic rings. The van der Waals surface area contributed by atoms with E-state index in [2.05, 4.69) is 5.32 Å². The Hall–Kier alpha value is -1.40. The van der Waals surface area contributed by atoms with Gasteiger partial charge in [-0.25, -0.2) is 8.78 Å². The number of nitrogens with one attached hydrogen (secondary N) is 1. The third kappa shape index (κ3) is 4.54. The highest BCUT2D eigenvalue weighted by atomic mass is 35.5. The van der Waals surface area contributed by atoms with E-state index in [0.717, 1.165) is 12.1 Å². The van der Waals surface area contributed by atoms with Crippen molar-refractivity contribution < 1.29 is 18.6 Å². The van der Waals surface area contributed by atoms with Gasteiger partial charge in [-0.1, -0.05) is 29.3 Å². The van der Waals surface area contributed by atoms with E-state index < -0.39 is 17.7 Å². The van der Waals surface area contributed by atoms with Crippen molar-refractivity contribution in [2.75, 3.05) is 13.7 Å². The minimum absolute atomic E-state index is 0.0231. The minimum Gasteiger partial charge on any atom is -0.495 e. The molecule has 0 spiro atoms. The van der Waals surface area contributed by atoms with Crippen LogP contribution in [0.15, 0.2) is 30.3 Å². The monoisotopic (exact) mass is 361 g/mol. The van der Waals surface area contributed by atoms with Gasteiger partial charge in [0.2, 0.25) is 0 Å². The molecule has 7 heteroatoms. The average molecular weight is 362 g/mol. The first-order chi connectivity index (χ1) is 10.9. The van der Waals surface area contributed by atoms with Crippen molar-refractivity contribution in [3.63, 3.8) is 0 Å². The van der Waals surface area contributed by atoms with Crippen LogP contribution in [0.25, 0.3) is 0 Å². The molecule has 0 bridgehead atoms. The summed E-state index contributed by atoms with van der Waals surface area (Å²) in [6.45, 7) is 0.374. The van der Waals surface area contributed by atoms with Gasteiger partial charge in [0.25, 0.3) is 0 Å². The van der Waals surface area contributed by atoms with Crippen molar-refractivity contribution in [3.8, 4) is 5.75 Å². The van der Waals surface area contributed by atoms with Crippen LogP contribution in [0.5, 0.6) is 5.75 Å². The summed E-state index contributed by atoms with van der Waals surface area (Å²) >= 11 is 12.0. The lowest BCUT2D eigenvalue weighted by atomic mass is 10.1. The van der Waals surface area contributed by atoms with E-state index in [1.807, 2.05) is 0 Å². The van der Waals surface area contributed by atoms with E-state index in [0.29, 0.717) is 27.9 Å². The summed E-state index contributed by atoms with van der Waals surface area (Å²) in [6.07, 6.45) is -1.11. The van der Waals surface area contributed by atoms with Crippen molar-refractivity contribution in [2.45, 2.75) is 12.6 Å². The first kappa shape index (κ1) is 17.9. The molecule has 3 nitrogen and oxygen atoms in total. The summed E-state index contributed by atoms with van der Waals surface area (Å²) in [5, 5.41) is 13.8. The first-order valence-electron chi connectivity index (χ1n) is 6.78. The first-order valence-corrected chi connectivity index (χ1v) is 7.53. The molecule has 2 N–H and O–H groups in total. The maximum atomic E-state index is 13.6. The smallest absolute Gasteiger partial charge is 0.142 e. The third-order valence-electron chi connectivity index (χ3n) is 3.26. The largest absolute Gasteiger partial charge is 0.495 e. The molecule has 0 aliphatic carbocycles. The minimum atomic E-state index is -1.11. The van der Waals surface area contributed by atoms with E-state index in [4.69, 9.17) is 27.9 Å². The standard InChI is InChI=1S/C16H15Cl2F2NO2/c1-23-16-9(4-10(17)5-13(16)18)7-21-8-15(22)12-3-2-11(19)6-14(12)20/h2-6,15,21-22H,7-8H2,1H3. The molecule has 0 saturated heterocycles. The maximum absolute atomic E-state index is 13.6. The molecule has 0 amide bonds. The molecule has 23 heavy (non-hydrogen) atoms. The van der Waals surface area contributed by atoms with Crippen LogP contribution in [-0.2, 0) is 6.54 Å². The topological polar surface area (TPSA) is 41.5 Å². The van der Waals surface area contributed by atoms with Crippen molar-refractivity contribution in [2.24, 2.45) is 0 Å². The summed E-state index contributed by atoms with van der Waals surface area (Å²) in [5.41, 5.74) is 0.728. The predicted octanol–water partition coefficient (Wildman–Crippen LogP) is 4.10. The molecule has 124 valence electrons. The highest BCUT2D eigenvalue weighted by Crippen LogP contribution is 2.32. The molecule has 0 aliphatic heterocycles. The van der Waals surface area contributed by atoms with Crippen LogP contribution in [0, 0.1) is 11.6 Å². The normalized spacial score (nSPS) is 12.3. The molecule has 2 aromatic rings. The van der Waals surface area contributed by atoms with Crippen molar-refractivity contribution in [1.29, 1.82) is 0 Å². The van der Waals surface area contributed by atoms with Crippen LogP contribution in [0.2, 0.25) is 10.0 Å². The summed E-state index contributed by atoms with van der Waals surface area (Å²) in [5.74, 6) is -1.00. The van der Waals surface area contributed by atoms with E-state index in [1.165, 1.54) is 13.2 Å². The van der Waals surface area contributed by atoms with Crippen molar-refractivity contribution in [3.05, 3.63) is 63.1 Å². The Morgan fingerprint density at radius 1 is 1.22 bits per heavy atom. The molecular formula is C16H15Cl2F2NO2.